The number of pyridine rings is 1. The van der Waals surface area contributed by atoms with Gasteiger partial charge < -0.3 is 10.5 Å². The van der Waals surface area contributed by atoms with Gasteiger partial charge in [0.15, 0.2) is 0 Å². The molecule has 3 heteroatoms. The number of aromatic nitrogens is 1. The molecule has 0 saturated carbocycles. The summed E-state index contributed by atoms with van der Waals surface area (Å²) in [6.07, 6.45) is 11.2. The third kappa shape index (κ3) is 3.20. The Labute approximate surface area is 97.0 Å². The molecule has 1 atom stereocenters. The van der Waals surface area contributed by atoms with E-state index in [2.05, 4.69) is 4.98 Å². The number of hydrogen-bond acceptors (Lipinski definition) is 3. The number of nitrogens with two attached hydrogens (primary N) is 1. The summed E-state index contributed by atoms with van der Waals surface area (Å²) in [5, 5.41) is 0. The van der Waals surface area contributed by atoms with Gasteiger partial charge in [0.25, 0.3) is 0 Å². The van der Waals surface area contributed by atoms with E-state index in [0.717, 1.165) is 18.7 Å². The molecule has 1 aromatic heterocycles. The Bertz CT molecular complexity index is 321. The first-order chi connectivity index (χ1) is 7.86. The predicted molar refractivity (Wildman–Crippen MR) is 65.2 cm³/mol. The van der Waals surface area contributed by atoms with Crippen LogP contribution >= 0.6 is 0 Å². The lowest BCUT2D eigenvalue weighted by atomic mass is 10.0. The monoisotopic (exact) mass is 220 g/mol. The molecule has 1 aliphatic heterocycles. The van der Waals surface area contributed by atoms with Crippen molar-refractivity contribution in [3.63, 3.8) is 0 Å². The van der Waals surface area contributed by atoms with Crippen molar-refractivity contribution < 1.29 is 4.74 Å². The average molecular weight is 220 g/mol. The zero-order valence-corrected chi connectivity index (χ0v) is 9.69. The molecule has 0 bridgehead atoms. The third-order valence-corrected chi connectivity index (χ3v) is 3.19. The normalized spacial score (nSPS) is 20.1. The van der Waals surface area contributed by atoms with Crippen molar-refractivity contribution in [3.8, 4) is 0 Å². The molecule has 0 aliphatic carbocycles. The summed E-state index contributed by atoms with van der Waals surface area (Å²) in [6, 6.07) is 1.87. The molecule has 2 N–H and O–H groups in total. The average Bonchev–Trinajstić information content (AvgIpc) is 2.79. The lowest BCUT2D eigenvalue weighted by Crippen LogP contribution is -2.04. The molecule has 1 aliphatic rings. The van der Waals surface area contributed by atoms with Crippen molar-refractivity contribution in [3.05, 3.63) is 24.0 Å². The summed E-state index contributed by atoms with van der Waals surface area (Å²) in [5.41, 5.74) is 7.90. The Kier molecular flexibility index (Phi) is 4.17. The minimum absolute atomic E-state index is 0.520. The third-order valence-electron chi connectivity index (χ3n) is 3.19. The van der Waals surface area contributed by atoms with Gasteiger partial charge in [0.1, 0.15) is 0 Å². The molecule has 0 radical (unpaired) electrons. The molecule has 0 spiro atoms. The SMILES string of the molecule is Nc1ccncc1CCCCC1CCCO1. The topological polar surface area (TPSA) is 48.1 Å². The Morgan fingerprint density at radius 1 is 1.44 bits per heavy atom. The molecule has 1 unspecified atom stereocenters. The van der Waals surface area contributed by atoms with Gasteiger partial charge in [-0.05, 0) is 43.7 Å². The van der Waals surface area contributed by atoms with Crippen LogP contribution in [0.3, 0.4) is 0 Å². The maximum Gasteiger partial charge on any atom is 0.0576 e. The van der Waals surface area contributed by atoms with Crippen LogP contribution in [0.15, 0.2) is 18.5 Å². The summed E-state index contributed by atoms with van der Waals surface area (Å²) in [7, 11) is 0. The number of hydrogen-bond donors (Lipinski definition) is 1. The van der Waals surface area contributed by atoms with Crippen LogP contribution in [-0.2, 0) is 11.2 Å². The van der Waals surface area contributed by atoms with Gasteiger partial charge in [-0.25, -0.2) is 0 Å². The van der Waals surface area contributed by atoms with Crippen molar-refractivity contribution in [2.75, 3.05) is 12.3 Å². The number of nitrogen functional groups attached to an aromatic ring is 1. The van der Waals surface area contributed by atoms with Crippen LogP contribution in [0.5, 0.6) is 0 Å². The van der Waals surface area contributed by atoms with Crippen molar-refractivity contribution in [2.45, 2.75) is 44.6 Å². The van der Waals surface area contributed by atoms with E-state index in [-0.39, 0.29) is 0 Å². The Morgan fingerprint density at radius 2 is 2.38 bits per heavy atom. The molecular formula is C13H20N2O. The van der Waals surface area contributed by atoms with Crippen LogP contribution in [0.2, 0.25) is 0 Å². The van der Waals surface area contributed by atoms with E-state index < -0.39 is 0 Å². The molecule has 2 rings (SSSR count). The lowest BCUT2D eigenvalue weighted by molar-refractivity contribution is 0.102. The van der Waals surface area contributed by atoms with Crippen LogP contribution in [-0.4, -0.2) is 17.7 Å². The molecule has 1 saturated heterocycles. The van der Waals surface area contributed by atoms with Crippen LogP contribution in [0.1, 0.15) is 37.7 Å². The Hall–Kier alpha value is -1.09. The van der Waals surface area contributed by atoms with Crippen molar-refractivity contribution in [1.29, 1.82) is 0 Å². The zero-order valence-electron chi connectivity index (χ0n) is 9.69. The molecule has 0 aromatic carbocycles. The number of anilines is 1. The summed E-state index contributed by atoms with van der Waals surface area (Å²) < 4.78 is 5.59. The molecule has 1 aromatic rings. The zero-order chi connectivity index (χ0) is 11.2. The van der Waals surface area contributed by atoms with Gasteiger partial charge in [-0.1, -0.05) is 6.42 Å². The second kappa shape index (κ2) is 5.85. The first-order valence-electron chi connectivity index (χ1n) is 6.16. The van der Waals surface area contributed by atoms with Gasteiger partial charge >= 0.3 is 0 Å². The van der Waals surface area contributed by atoms with Crippen molar-refractivity contribution >= 4 is 5.69 Å². The van der Waals surface area contributed by atoms with Gasteiger partial charge in [-0.3, -0.25) is 4.98 Å². The second-order valence-electron chi connectivity index (χ2n) is 4.46. The first kappa shape index (κ1) is 11.4. The first-order valence-corrected chi connectivity index (χ1v) is 6.16. The van der Waals surface area contributed by atoms with E-state index >= 15 is 0 Å². The van der Waals surface area contributed by atoms with Crippen LogP contribution in [0.4, 0.5) is 5.69 Å². The standard InChI is InChI=1S/C13H20N2O/c14-13-7-8-15-10-11(13)4-1-2-5-12-6-3-9-16-12/h7-8,10,12H,1-6,9H2,(H2,14,15). The van der Waals surface area contributed by atoms with Crippen LogP contribution in [0.25, 0.3) is 0 Å². The molecule has 16 heavy (non-hydrogen) atoms. The summed E-state index contributed by atoms with van der Waals surface area (Å²) in [6.45, 7) is 0.959. The molecule has 0 amide bonds. The van der Waals surface area contributed by atoms with Gasteiger partial charge in [0, 0.05) is 24.7 Å². The largest absolute Gasteiger partial charge is 0.398 e. The highest BCUT2D eigenvalue weighted by Crippen LogP contribution is 2.19. The van der Waals surface area contributed by atoms with E-state index in [4.69, 9.17) is 10.5 Å². The highest BCUT2D eigenvalue weighted by atomic mass is 16.5. The van der Waals surface area contributed by atoms with E-state index in [1.807, 2.05) is 12.3 Å². The lowest BCUT2D eigenvalue weighted by Gasteiger charge is -2.09. The van der Waals surface area contributed by atoms with Gasteiger partial charge in [-0.15, -0.1) is 0 Å². The number of ether oxygens (including phenoxy) is 1. The Morgan fingerprint density at radius 3 is 3.12 bits per heavy atom. The fourth-order valence-corrected chi connectivity index (χ4v) is 2.21. The summed E-state index contributed by atoms with van der Waals surface area (Å²) in [5.74, 6) is 0. The fraction of sp³-hybridized carbons (Fsp3) is 0.615. The number of aryl methyl sites for hydroxylation is 1. The fourth-order valence-electron chi connectivity index (χ4n) is 2.21. The molecular weight excluding hydrogens is 200 g/mol. The van der Waals surface area contributed by atoms with E-state index in [1.165, 1.54) is 37.7 Å². The maximum atomic E-state index is 5.86. The highest BCUT2D eigenvalue weighted by molar-refractivity contribution is 5.44. The number of rotatable bonds is 5. The minimum atomic E-state index is 0.520. The van der Waals surface area contributed by atoms with Crippen LogP contribution in [0, 0.1) is 0 Å². The van der Waals surface area contributed by atoms with Gasteiger partial charge in [0.2, 0.25) is 0 Å². The highest BCUT2D eigenvalue weighted by Gasteiger charge is 2.14. The van der Waals surface area contributed by atoms with Crippen molar-refractivity contribution in [2.24, 2.45) is 0 Å². The molecule has 88 valence electrons. The quantitative estimate of drug-likeness (QED) is 0.776. The Balaban J connectivity index is 1.66. The van der Waals surface area contributed by atoms with E-state index in [1.54, 1.807) is 6.20 Å². The maximum absolute atomic E-state index is 5.86. The van der Waals surface area contributed by atoms with Crippen molar-refractivity contribution in [1.82, 2.24) is 4.98 Å². The minimum Gasteiger partial charge on any atom is -0.398 e. The van der Waals surface area contributed by atoms with Crippen LogP contribution < -0.4 is 5.73 Å². The number of nitrogens with zero attached hydrogens (tertiary/aromatic N) is 1. The van der Waals surface area contributed by atoms with E-state index in [0.29, 0.717) is 6.10 Å². The summed E-state index contributed by atoms with van der Waals surface area (Å²) in [4.78, 5) is 4.10. The van der Waals surface area contributed by atoms with Gasteiger partial charge in [-0.2, -0.15) is 0 Å². The molecule has 3 nitrogen and oxygen atoms in total. The molecule has 1 fully saturated rings. The number of unbranched alkanes of at least 4 members (excludes halogenated alkanes) is 1. The second-order valence-corrected chi connectivity index (χ2v) is 4.46. The predicted octanol–water partition coefficient (Wildman–Crippen LogP) is 2.56. The smallest absolute Gasteiger partial charge is 0.0576 e. The van der Waals surface area contributed by atoms with Gasteiger partial charge in [0.05, 0.1) is 6.10 Å². The molecule has 2 heterocycles. The van der Waals surface area contributed by atoms with E-state index in [9.17, 15) is 0 Å². The summed E-state index contributed by atoms with van der Waals surface area (Å²) >= 11 is 0.